The van der Waals surface area contributed by atoms with E-state index >= 15 is 0 Å². The predicted octanol–water partition coefficient (Wildman–Crippen LogP) is 2.82. The molecule has 0 aliphatic heterocycles. The molecule has 0 aromatic heterocycles. The van der Waals surface area contributed by atoms with Crippen molar-refractivity contribution in [2.75, 3.05) is 20.7 Å². The molecule has 1 aliphatic carbocycles. The van der Waals surface area contributed by atoms with Gasteiger partial charge in [-0.3, -0.25) is 9.69 Å². The largest absolute Gasteiger partial charge is 0.468 e. The summed E-state index contributed by atoms with van der Waals surface area (Å²) in [5.74, 6) is 0.537. The Morgan fingerprint density at radius 3 is 2.43 bits per heavy atom. The van der Waals surface area contributed by atoms with E-state index in [1.54, 1.807) is 0 Å². The lowest BCUT2D eigenvalue weighted by atomic mass is 9.96. The van der Waals surface area contributed by atoms with Crippen molar-refractivity contribution in [2.45, 2.75) is 77.4 Å². The molecule has 1 rings (SSSR count). The first-order valence-corrected chi connectivity index (χ1v) is 8.47. The van der Waals surface area contributed by atoms with E-state index in [1.165, 1.54) is 20.0 Å². The lowest BCUT2D eigenvalue weighted by Crippen LogP contribution is -2.51. The van der Waals surface area contributed by atoms with Crippen molar-refractivity contribution in [3.8, 4) is 0 Å². The molecular formula is C17H34N2O2. The number of carbonyl (C=O) groups excluding carboxylic acids is 1. The number of rotatable bonds is 8. The minimum atomic E-state index is -0.485. The van der Waals surface area contributed by atoms with Crippen molar-refractivity contribution in [2.24, 2.45) is 5.92 Å². The summed E-state index contributed by atoms with van der Waals surface area (Å²) in [6, 6.07) is 1.09. The van der Waals surface area contributed by atoms with Crippen LogP contribution in [0.25, 0.3) is 0 Å². The van der Waals surface area contributed by atoms with E-state index in [0.29, 0.717) is 18.0 Å². The summed E-state index contributed by atoms with van der Waals surface area (Å²) in [6.07, 6.45) is 5.14. The smallest absolute Gasteiger partial charge is 0.326 e. The zero-order valence-electron chi connectivity index (χ0n) is 14.7. The van der Waals surface area contributed by atoms with Crippen LogP contribution in [0.2, 0.25) is 0 Å². The summed E-state index contributed by atoms with van der Waals surface area (Å²) in [5, 5.41) is 3.24. The molecule has 0 heterocycles. The predicted molar refractivity (Wildman–Crippen MR) is 87.4 cm³/mol. The van der Waals surface area contributed by atoms with Crippen LogP contribution >= 0.6 is 0 Å². The first-order valence-electron chi connectivity index (χ1n) is 8.47. The third-order valence-electron chi connectivity index (χ3n) is 5.00. The molecule has 0 saturated heterocycles. The molecule has 0 spiro atoms. The van der Waals surface area contributed by atoms with E-state index in [9.17, 15) is 4.79 Å². The molecule has 1 fully saturated rings. The van der Waals surface area contributed by atoms with Crippen molar-refractivity contribution >= 4 is 5.97 Å². The van der Waals surface area contributed by atoms with Crippen LogP contribution in [0.5, 0.6) is 0 Å². The molecule has 0 aromatic rings. The summed E-state index contributed by atoms with van der Waals surface area (Å²) in [7, 11) is 3.37. The number of methoxy groups -OCH3 is 1. The van der Waals surface area contributed by atoms with E-state index in [1.807, 2.05) is 7.05 Å². The first-order chi connectivity index (χ1) is 9.93. The van der Waals surface area contributed by atoms with E-state index in [0.717, 1.165) is 25.8 Å². The maximum Gasteiger partial charge on any atom is 0.326 e. The Labute approximate surface area is 130 Å². The summed E-state index contributed by atoms with van der Waals surface area (Å²) >= 11 is 0. The zero-order valence-corrected chi connectivity index (χ0v) is 14.7. The van der Waals surface area contributed by atoms with Crippen molar-refractivity contribution in [3.63, 3.8) is 0 Å². The third kappa shape index (κ3) is 4.19. The van der Waals surface area contributed by atoms with Crippen LogP contribution in [-0.4, -0.2) is 49.2 Å². The van der Waals surface area contributed by atoms with Gasteiger partial charge in [0.2, 0.25) is 0 Å². The van der Waals surface area contributed by atoms with E-state index < -0.39 is 5.54 Å². The van der Waals surface area contributed by atoms with Gasteiger partial charge in [-0.05, 0) is 45.1 Å². The number of carbonyl (C=O) groups is 1. The Morgan fingerprint density at radius 1 is 1.38 bits per heavy atom. The van der Waals surface area contributed by atoms with Gasteiger partial charge in [0.15, 0.2) is 0 Å². The number of hydrogen-bond donors (Lipinski definition) is 1. The molecule has 0 bridgehead atoms. The number of esters is 1. The second-order valence-electron chi connectivity index (χ2n) is 6.78. The fourth-order valence-corrected chi connectivity index (χ4v) is 3.79. The molecule has 2 atom stereocenters. The van der Waals surface area contributed by atoms with Gasteiger partial charge in [-0.1, -0.05) is 27.7 Å². The Kier molecular flexibility index (Phi) is 7.14. The van der Waals surface area contributed by atoms with E-state index in [-0.39, 0.29) is 5.97 Å². The van der Waals surface area contributed by atoms with Crippen LogP contribution < -0.4 is 5.32 Å². The van der Waals surface area contributed by atoms with Crippen LogP contribution in [0.1, 0.15) is 59.8 Å². The lowest BCUT2D eigenvalue weighted by molar-refractivity contribution is -0.148. The Hall–Kier alpha value is -0.610. The molecule has 1 saturated carbocycles. The van der Waals surface area contributed by atoms with Crippen molar-refractivity contribution < 1.29 is 9.53 Å². The molecule has 124 valence electrons. The quantitative estimate of drug-likeness (QED) is 0.700. The zero-order chi connectivity index (χ0) is 16.0. The van der Waals surface area contributed by atoms with E-state index in [2.05, 4.69) is 37.9 Å². The van der Waals surface area contributed by atoms with Crippen molar-refractivity contribution in [1.29, 1.82) is 0 Å². The van der Waals surface area contributed by atoms with Gasteiger partial charge in [0, 0.05) is 18.6 Å². The summed E-state index contributed by atoms with van der Waals surface area (Å²) in [5.41, 5.74) is -0.485. The molecule has 0 radical (unpaired) electrons. The Bertz CT molecular complexity index is 329. The maximum atomic E-state index is 12.2. The molecule has 21 heavy (non-hydrogen) atoms. The lowest BCUT2D eigenvalue weighted by Gasteiger charge is -2.38. The number of nitrogens with zero attached hydrogens (tertiary/aromatic N) is 1. The first kappa shape index (κ1) is 18.4. The monoisotopic (exact) mass is 298 g/mol. The van der Waals surface area contributed by atoms with Gasteiger partial charge in [0.25, 0.3) is 0 Å². The number of hydrogen-bond acceptors (Lipinski definition) is 4. The van der Waals surface area contributed by atoms with Crippen LogP contribution in [0, 0.1) is 5.92 Å². The Balaban J connectivity index is 2.88. The molecular weight excluding hydrogens is 264 g/mol. The van der Waals surface area contributed by atoms with Crippen LogP contribution in [0.3, 0.4) is 0 Å². The summed E-state index contributed by atoms with van der Waals surface area (Å²) in [6.45, 7) is 10.2. The summed E-state index contributed by atoms with van der Waals surface area (Å²) < 4.78 is 5.03. The molecule has 4 nitrogen and oxygen atoms in total. The molecule has 1 N–H and O–H groups in total. The topological polar surface area (TPSA) is 41.6 Å². The average Bonchev–Trinajstić information content (AvgIpc) is 2.91. The molecule has 2 unspecified atom stereocenters. The van der Waals surface area contributed by atoms with Crippen LogP contribution in [0.15, 0.2) is 0 Å². The maximum absolute atomic E-state index is 12.2. The highest BCUT2D eigenvalue weighted by Gasteiger charge is 2.47. The minimum absolute atomic E-state index is 0.110. The van der Waals surface area contributed by atoms with Gasteiger partial charge in [0.05, 0.1) is 7.11 Å². The third-order valence-corrected chi connectivity index (χ3v) is 5.00. The fourth-order valence-electron chi connectivity index (χ4n) is 3.79. The van der Waals surface area contributed by atoms with Gasteiger partial charge in [-0.25, -0.2) is 0 Å². The van der Waals surface area contributed by atoms with Crippen LogP contribution in [0.4, 0.5) is 0 Å². The fraction of sp³-hybridized carbons (Fsp3) is 0.941. The average molecular weight is 298 g/mol. The van der Waals surface area contributed by atoms with Gasteiger partial charge in [-0.15, -0.1) is 0 Å². The Morgan fingerprint density at radius 2 is 2.00 bits per heavy atom. The minimum Gasteiger partial charge on any atom is -0.468 e. The summed E-state index contributed by atoms with van der Waals surface area (Å²) in [4.78, 5) is 14.8. The molecule has 1 aliphatic rings. The number of nitrogens with one attached hydrogen (secondary N) is 1. The van der Waals surface area contributed by atoms with Crippen molar-refractivity contribution in [1.82, 2.24) is 10.2 Å². The molecule has 4 heteroatoms. The SMILES string of the molecule is CCC(CC)N(CC(C)C)C1CCC(NC)(C(=O)OC)C1. The highest BCUT2D eigenvalue weighted by molar-refractivity contribution is 5.81. The second-order valence-corrected chi connectivity index (χ2v) is 6.78. The second kappa shape index (κ2) is 8.14. The highest BCUT2D eigenvalue weighted by Crippen LogP contribution is 2.35. The van der Waals surface area contributed by atoms with E-state index in [4.69, 9.17) is 4.74 Å². The highest BCUT2D eigenvalue weighted by atomic mass is 16.5. The van der Waals surface area contributed by atoms with Gasteiger partial charge < -0.3 is 10.1 Å². The van der Waals surface area contributed by atoms with Gasteiger partial charge in [0.1, 0.15) is 5.54 Å². The standard InChI is InChI=1S/C17H34N2O2/c1-7-14(8-2)19(12-13(3)4)15-9-10-17(11-15,18-5)16(20)21-6/h13-15,18H,7-12H2,1-6H3. The van der Waals surface area contributed by atoms with Gasteiger partial charge >= 0.3 is 5.97 Å². The van der Waals surface area contributed by atoms with Crippen LogP contribution in [-0.2, 0) is 9.53 Å². The molecule has 0 aromatic carbocycles. The normalized spacial score (nSPS) is 26.0. The molecule has 0 amide bonds. The van der Waals surface area contributed by atoms with Gasteiger partial charge in [-0.2, -0.15) is 0 Å². The van der Waals surface area contributed by atoms with Crippen molar-refractivity contribution in [3.05, 3.63) is 0 Å². The number of ether oxygens (including phenoxy) is 1. The number of likely N-dealkylation sites (N-methyl/N-ethyl adjacent to an activating group) is 1.